The van der Waals surface area contributed by atoms with E-state index in [0.29, 0.717) is 29.4 Å². The third kappa shape index (κ3) is 3.49. The van der Waals surface area contributed by atoms with E-state index in [4.69, 9.17) is 10.5 Å². The van der Waals surface area contributed by atoms with Crippen LogP contribution in [0.5, 0.6) is 5.88 Å². The summed E-state index contributed by atoms with van der Waals surface area (Å²) in [6, 6.07) is 7.73. The molecule has 166 valence electrons. The number of hydrogen-bond donors (Lipinski definition) is 1. The highest BCUT2D eigenvalue weighted by atomic mass is 16.5. The Hall–Kier alpha value is -3.42. The van der Waals surface area contributed by atoms with Gasteiger partial charge < -0.3 is 15.4 Å². The number of aryl methyl sites for hydroxylation is 1. The van der Waals surface area contributed by atoms with Crippen molar-refractivity contribution in [3.05, 3.63) is 59.5 Å². The number of rotatable bonds is 4. The number of pyridine rings is 1. The lowest BCUT2D eigenvalue weighted by molar-refractivity contribution is 0.0473. The van der Waals surface area contributed by atoms with Gasteiger partial charge in [0.25, 0.3) is 5.91 Å². The maximum Gasteiger partial charge on any atom is 0.256 e. The highest BCUT2D eigenvalue weighted by Crippen LogP contribution is 2.55. The SMILES string of the molecule is Cc1ccc(C(=O)N2C[C@@]3(CC[C@H]2C)C[C@H]3Oc2nccc(N)c2C)c(-n2nccn2)c1. The Morgan fingerprint density at radius 3 is 2.75 bits per heavy atom. The first-order valence-corrected chi connectivity index (χ1v) is 11.0. The molecule has 1 aliphatic heterocycles. The largest absolute Gasteiger partial charge is 0.473 e. The van der Waals surface area contributed by atoms with Crippen molar-refractivity contribution in [2.45, 2.75) is 52.2 Å². The van der Waals surface area contributed by atoms with Crippen molar-refractivity contribution in [1.29, 1.82) is 0 Å². The molecule has 5 rings (SSSR count). The lowest BCUT2D eigenvalue weighted by Gasteiger charge is -2.39. The number of piperidine rings is 1. The molecule has 3 atom stereocenters. The predicted octanol–water partition coefficient (Wildman–Crippen LogP) is 3.32. The van der Waals surface area contributed by atoms with Crippen LogP contribution in [-0.2, 0) is 0 Å². The zero-order valence-electron chi connectivity index (χ0n) is 18.7. The third-order valence-electron chi connectivity index (χ3n) is 6.92. The summed E-state index contributed by atoms with van der Waals surface area (Å²) in [5.41, 5.74) is 9.89. The maximum atomic E-state index is 13.7. The fourth-order valence-electron chi connectivity index (χ4n) is 4.67. The van der Waals surface area contributed by atoms with E-state index in [0.717, 1.165) is 30.4 Å². The van der Waals surface area contributed by atoms with Gasteiger partial charge in [0.2, 0.25) is 5.88 Å². The fourth-order valence-corrected chi connectivity index (χ4v) is 4.67. The van der Waals surface area contributed by atoms with E-state index in [1.807, 2.05) is 36.9 Å². The summed E-state index contributed by atoms with van der Waals surface area (Å²) in [6.07, 6.45) is 7.85. The van der Waals surface area contributed by atoms with Gasteiger partial charge in [-0.3, -0.25) is 4.79 Å². The molecule has 0 unspecified atom stereocenters. The van der Waals surface area contributed by atoms with Crippen molar-refractivity contribution in [3.8, 4) is 11.6 Å². The van der Waals surface area contributed by atoms with Gasteiger partial charge in [-0.2, -0.15) is 15.0 Å². The molecular formula is C24H28N6O2. The molecule has 1 saturated heterocycles. The van der Waals surface area contributed by atoms with Crippen LogP contribution in [0.1, 0.15) is 47.7 Å². The number of amides is 1. The molecule has 2 N–H and O–H groups in total. The second kappa shape index (κ2) is 7.62. The Balaban J connectivity index is 1.38. The number of anilines is 1. The van der Waals surface area contributed by atoms with Crippen LogP contribution in [0.25, 0.3) is 5.69 Å². The molecule has 0 radical (unpaired) electrons. The van der Waals surface area contributed by atoms with E-state index in [9.17, 15) is 4.79 Å². The molecule has 8 nitrogen and oxygen atoms in total. The first-order chi connectivity index (χ1) is 15.4. The van der Waals surface area contributed by atoms with Gasteiger partial charge in [-0.15, -0.1) is 0 Å². The molecule has 1 amide bonds. The van der Waals surface area contributed by atoms with Crippen molar-refractivity contribution in [1.82, 2.24) is 24.9 Å². The van der Waals surface area contributed by atoms with Gasteiger partial charge in [-0.25, -0.2) is 4.98 Å². The molecule has 1 spiro atoms. The summed E-state index contributed by atoms with van der Waals surface area (Å²) in [5.74, 6) is 0.599. The van der Waals surface area contributed by atoms with E-state index < -0.39 is 0 Å². The van der Waals surface area contributed by atoms with E-state index in [1.165, 1.54) is 4.80 Å². The van der Waals surface area contributed by atoms with Crippen LogP contribution in [0.15, 0.2) is 42.9 Å². The zero-order chi connectivity index (χ0) is 22.5. The van der Waals surface area contributed by atoms with Crippen LogP contribution in [-0.4, -0.2) is 49.5 Å². The Labute approximate surface area is 187 Å². The summed E-state index contributed by atoms with van der Waals surface area (Å²) in [7, 11) is 0. The van der Waals surface area contributed by atoms with Gasteiger partial charge in [-0.05, 0) is 63.8 Å². The van der Waals surface area contributed by atoms with Crippen molar-refractivity contribution >= 4 is 11.6 Å². The summed E-state index contributed by atoms with van der Waals surface area (Å²) in [4.78, 5) is 21.6. The van der Waals surface area contributed by atoms with E-state index in [-0.39, 0.29) is 23.5 Å². The average molecular weight is 433 g/mol. The Morgan fingerprint density at radius 1 is 1.19 bits per heavy atom. The topological polar surface area (TPSA) is 99.2 Å². The van der Waals surface area contributed by atoms with Gasteiger partial charge in [-0.1, -0.05) is 6.07 Å². The highest BCUT2D eigenvalue weighted by molar-refractivity contribution is 5.98. The minimum Gasteiger partial charge on any atom is -0.473 e. The van der Waals surface area contributed by atoms with Gasteiger partial charge in [0.05, 0.1) is 23.6 Å². The minimum atomic E-state index is -0.0320. The monoisotopic (exact) mass is 432 g/mol. The smallest absolute Gasteiger partial charge is 0.256 e. The molecule has 2 aliphatic rings. The highest BCUT2D eigenvalue weighted by Gasteiger charge is 2.59. The first kappa shape index (κ1) is 20.5. The molecule has 32 heavy (non-hydrogen) atoms. The number of nitrogen functional groups attached to an aromatic ring is 1. The quantitative estimate of drug-likeness (QED) is 0.679. The van der Waals surface area contributed by atoms with Crippen LogP contribution in [0.4, 0.5) is 5.69 Å². The molecule has 8 heteroatoms. The molecule has 1 aromatic carbocycles. The molecule has 3 aromatic rings. The third-order valence-corrected chi connectivity index (χ3v) is 6.92. The van der Waals surface area contributed by atoms with Gasteiger partial charge in [0.1, 0.15) is 6.10 Å². The summed E-state index contributed by atoms with van der Waals surface area (Å²) in [5, 5.41) is 8.50. The molecule has 2 fully saturated rings. The molecule has 3 heterocycles. The first-order valence-electron chi connectivity index (χ1n) is 11.0. The number of nitrogens with zero attached hydrogens (tertiary/aromatic N) is 5. The second-order valence-electron chi connectivity index (χ2n) is 9.16. The van der Waals surface area contributed by atoms with Gasteiger partial charge in [0, 0.05) is 35.4 Å². The molecule has 0 bridgehead atoms. The van der Waals surface area contributed by atoms with E-state index in [2.05, 4.69) is 22.1 Å². The average Bonchev–Trinajstić information content (AvgIpc) is 3.17. The molecule has 2 aromatic heterocycles. The predicted molar refractivity (Wildman–Crippen MR) is 121 cm³/mol. The van der Waals surface area contributed by atoms with Crippen LogP contribution in [0.3, 0.4) is 0 Å². The lowest BCUT2D eigenvalue weighted by Crippen LogP contribution is -2.47. The Morgan fingerprint density at radius 2 is 1.97 bits per heavy atom. The Bertz CT molecular complexity index is 1160. The van der Waals surface area contributed by atoms with Gasteiger partial charge in [0.15, 0.2) is 0 Å². The number of benzene rings is 1. The molecular weight excluding hydrogens is 404 g/mol. The van der Waals surface area contributed by atoms with E-state index in [1.54, 1.807) is 24.7 Å². The van der Waals surface area contributed by atoms with Crippen LogP contribution in [0, 0.1) is 19.3 Å². The summed E-state index contributed by atoms with van der Waals surface area (Å²) < 4.78 is 6.24. The van der Waals surface area contributed by atoms with Crippen LogP contribution in [0.2, 0.25) is 0 Å². The van der Waals surface area contributed by atoms with Gasteiger partial charge >= 0.3 is 0 Å². The minimum absolute atomic E-state index is 0.00721. The maximum absolute atomic E-state index is 13.7. The van der Waals surface area contributed by atoms with E-state index >= 15 is 0 Å². The Kier molecular flexibility index (Phi) is 4.87. The fraction of sp³-hybridized carbons (Fsp3) is 0.417. The number of nitrogens with two attached hydrogens (primary N) is 1. The zero-order valence-corrected chi connectivity index (χ0v) is 18.7. The summed E-state index contributed by atoms with van der Waals surface area (Å²) >= 11 is 0. The summed E-state index contributed by atoms with van der Waals surface area (Å²) in [6.45, 7) is 6.71. The van der Waals surface area contributed by atoms with Crippen molar-refractivity contribution < 1.29 is 9.53 Å². The van der Waals surface area contributed by atoms with Crippen molar-refractivity contribution in [2.75, 3.05) is 12.3 Å². The number of hydrogen-bond acceptors (Lipinski definition) is 6. The molecule has 1 aliphatic carbocycles. The standard InChI is InChI=1S/C24H28N6O2/c1-15-4-5-18(20(12-15)30-27-10-11-28-30)23(31)29-14-24(8-6-16(29)2)13-21(24)32-22-17(3)19(25)7-9-26-22/h4-5,7,9-12,16,21H,6,8,13-14H2,1-3H3,(H2,25,26)/t16-,21-,24-/m1/s1. The normalized spacial score (nSPS) is 24.5. The lowest BCUT2D eigenvalue weighted by atomic mass is 9.89. The van der Waals surface area contributed by atoms with Crippen LogP contribution < -0.4 is 10.5 Å². The number of carbonyl (C=O) groups excluding carboxylic acids is 1. The molecule has 1 saturated carbocycles. The van der Waals surface area contributed by atoms with Crippen molar-refractivity contribution in [3.63, 3.8) is 0 Å². The number of ether oxygens (including phenoxy) is 1. The second-order valence-corrected chi connectivity index (χ2v) is 9.16. The van der Waals surface area contributed by atoms with Crippen LogP contribution >= 0.6 is 0 Å². The number of aromatic nitrogens is 4. The van der Waals surface area contributed by atoms with Crippen molar-refractivity contribution in [2.24, 2.45) is 5.41 Å². The number of carbonyl (C=O) groups is 1. The number of likely N-dealkylation sites (tertiary alicyclic amines) is 1.